The van der Waals surface area contributed by atoms with Gasteiger partial charge in [-0.1, -0.05) is 60.7 Å². The van der Waals surface area contributed by atoms with Crippen LogP contribution in [0.5, 0.6) is 0 Å². The molecule has 0 aliphatic carbocycles. The molecule has 0 fully saturated rings. The van der Waals surface area contributed by atoms with E-state index in [-0.39, 0.29) is 5.82 Å². The monoisotopic (exact) mass is 398 g/mol. The second kappa shape index (κ2) is 7.55. The van der Waals surface area contributed by atoms with Gasteiger partial charge in [-0.3, -0.25) is 4.68 Å². The molecule has 0 bridgehead atoms. The molecule has 1 atom stereocenters. The van der Waals surface area contributed by atoms with Crippen LogP contribution in [-0.2, 0) is 16.8 Å². The second-order valence-corrected chi connectivity index (χ2v) is 7.25. The Balaban J connectivity index is 1.49. The van der Waals surface area contributed by atoms with Crippen molar-refractivity contribution in [2.75, 3.05) is 6.61 Å². The Morgan fingerprint density at radius 2 is 1.63 bits per heavy atom. The molecule has 1 aliphatic rings. The molecule has 1 aromatic heterocycles. The van der Waals surface area contributed by atoms with E-state index in [4.69, 9.17) is 9.73 Å². The Labute approximate surface area is 173 Å². The molecule has 0 N–H and O–H groups in total. The van der Waals surface area contributed by atoms with Crippen LogP contribution >= 0.6 is 0 Å². The van der Waals surface area contributed by atoms with E-state index in [1.54, 1.807) is 23.1 Å². The van der Waals surface area contributed by atoms with Crippen LogP contribution in [0.4, 0.5) is 4.39 Å². The summed E-state index contributed by atoms with van der Waals surface area (Å²) in [6.07, 6.45) is 3.20. The summed E-state index contributed by atoms with van der Waals surface area (Å²) in [5, 5.41) is 4.25. The third-order valence-corrected chi connectivity index (χ3v) is 5.28. The van der Waals surface area contributed by atoms with Crippen molar-refractivity contribution in [3.8, 4) is 11.1 Å². The maximum Gasteiger partial charge on any atom is 0.217 e. The summed E-state index contributed by atoms with van der Waals surface area (Å²) in [5.41, 5.74) is 2.70. The van der Waals surface area contributed by atoms with Crippen molar-refractivity contribution < 1.29 is 9.13 Å². The van der Waals surface area contributed by atoms with Gasteiger partial charge >= 0.3 is 0 Å². The van der Waals surface area contributed by atoms with Gasteiger partial charge in [0.1, 0.15) is 30.6 Å². The lowest BCUT2D eigenvalue weighted by Gasteiger charge is -2.24. The van der Waals surface area contributed by atoms with Crippen molar-refractivity contribution in [1.29, 1.82) is 0 Å². The van der Waals surface area contributed by atoms with Gasteiger partial charge in [0.15, 0.2) is 0 Å². The Hall–Kier alpha value is -3.80. The van der Waals surface area contributed by atoms with Gasteiger partial charge in [-0.25, -0.2) is 14.4 Å². The molecule has 148 valence electrons. The third kappa shape index (κ3) is 3.37. The fourth-order valence-electron chi connectivity index (χ4n) is 3.73. The van der Waals surface area contributed by atoms with Crippen molar-refractivity contribution in [1.82, 2.24) is 14.8 Å². The zero-order valence-corrected chi connectivity index (χ0v) is 16.1. The van der Waals surface area contributed by atoms with Crippen molar-refractivity contribution in [2.45, 2.75) is 12.1 Å². The first-order valence-corrected chi connectivity index (χ1v) is 9.69. The maximum absolute atomic E-state index is 14.1. The summed E-state index contributed by atoms with van der Waals surface area (Å²) in [5.74, 6) is 0.328. The zero-order chi connectivity index (χ0) is 20.4. The van der Waals surface area contributed by atoms with Gasteiger partial charge in [-0.15, -0.1) is 0 Å². The highest BCUT2D eigenvalue weighted by Gasteiger charge is 2.39. The van der Waals surface area contributed by atoms with Crippen LogP contribution in [0.3, 0.4) is 0 Å². The lowest BCUT2D eigenvalue weighted by molar-refractivity contribution is 0.230. The summed E-state index contributed by atoms with van der Waals surface area (Å²) >= 11 is 0. The van der Waals surface area contributed by atoms with Crippen LogP contribution in [0.1, 0.15) is 11.1 Å². The molecule has 4 aromatic rings. The normalized spacial score (nSPS) is 18.1. The van der Waals surface area contributed by atoms with Crippen LogP contribution in [0, 0.1) is 5.82 Å². The molecular formula is C24H19FN4O. The van der Waals surface area contributed by atoms with Crippen molar-refractivity contribution in [3.63, 3.8) is 0 Å². The van der Waals surface area contributed by atoms with E-state index in [1.807, 2.05) is 60.7 Å². The number of hydrogen-bond acceptors (Lipinski definition) is 4. The summed E-state index contributed by atoms with van der Waals surface area (Å²) in [7, 11) is 0. The van der Waals surface area contributed by atoms with Crippen LogP contribution in [-0.4, -0.2) is 27.3 Å². The number of benzene rings is 3. The van der Waals surface area contributed by atoms with E-state index < -0.39 is 5.54 Å². The number of ether oxygens (including phenoxy) is 1. The van der Waals surface area contributed by atoms with Gasteiger partial charge in [0.05, 0.1) is 6.54 Å². The Bertz CT molecular complexity index is 1170. The van der Waals surface area contributed by atoms with Crippen molar-refractivity contribution in [2.24, 2.45) is 4.99 Å². The Kier molecular flexibility index (Phi) is 4.59. The topological polar surface area (TPSA) is 52.3 Å². The van der Waals surface area contributed by atoms with Gasteiger partial charge in [0.2, 0.25) is 5.90 Å². The van der Waals surface area contributed by atoms with Gasteiger partial charge < -0.3 is 4.74 Å². The quantitative estimate of drug-likeness (QED) is 0.499. The predicted molar refractivity (Wildman–Crippen MR) is 112 cm³/mol. The van der Waals surface area contributed by atoms with Crippen LogP contribution < -0.4 is 0 Å². The Morgan fingerprint density at radius 1 is 0.900 bits per heavy atom. The van der Waals surface area contributed by atoms with E-state index in [1.165, 1.54) is 12.4 Å². The molecule has 2 heterocycles. The molecule has 30 heavy (non-hydrogen) atoms. The molecule has 5 nitrogen and oxygen atoms in total. The van der Waals surface area contributed by atoms with Gasteiger partial charge in [-0.2, -0.15) is 5.10 Å². The fraction of sp³-hybridized carbons (Fsp3) is 0.125. The summed E-state index contributed by atoms with van der Waals surface area (Å²) < 4.78 is 21.9. The molecule has 1 aliphatic heterocycles. The number of halogens is 1. The summed E-state index contributed by atoms with van der Waals surface area (Å²) in [6, 6.07) is 24.4. The highest BCUT2D eigenvalue weighted by atomic mass is 19.1. The average Bonchev–Trinajstić information content (AvgIpc) is 3.46. The second-order valence-electron chi connectivity index (χ2n) is 7.25. The van der Waals surface area contributed by atoms with Crippen LogP contribution in [0.25, 0.3) is 11.1 Å². The standard InChI is InChI=1S/C24H19FN4O/c25-22-9-5-4-8-21(22)18-10-12-19(13-11-18)23-28-24(15-30-23,14-29-17-26-16-27-29)20-6-2-1-3-7-20/h1-13,16-17H,14-15H2. The average molecular weight is 398 g/mol. The number of nitrogens with zero attached hydrogens (tertiary/aromatic N) is 4. The van der Waals surface area contributed by atoms with E-state index in [2.05, 4.69) is 10.1 Å². The van der Waals surface area contributed by atoms with Crippen LogP contribution in [0.2, 0.25) is 0 Å². The SMILES string of the molecule is Fc1ccccc1-c1ccc(C2=NC(Cn3cncn3)(c3ccccc3)CO2)cc1. The molecule has 0 spiro atoms. The molecule has 0 saturated heterocycles. The first kappa shape index (κ1) is 18.2. The number of aromatic nitrogens is 3. The minimum absolute atomic E-state index is 0.240. The maximum atomic E-state index is 14.1. The Morgan fingerprint density at radius 3 is 2.37 bits per heavy atom. The fourth-order valence-corrected chi connectivity index (χ4v) is 3.73. The van der Waals surface area contributed by atoms with E-state index in [0.29, 0.717) is 24.6 Å². The molecule has 0 radical (unpaired) electrons. The first-order valence-electron chi connectivity index (χ1n) is 9.69. The molecule has 5 rings (SSSR count). The smallest absolute Gasteiger partial charge is 0.217 e. The molecule has 0 saturated carbocycles. The van der Waals surface area contributed by atoms with Gasteiger partial charge in [0, 0.05) is 11.1 Å². The number of aliphatic imine (C=N–C) groups is 1. The van der Waals surface area contributed by atoms with Crippen molar-refractivity contribution >= 4 is 5.90 Å². The van der Waals surface area contributed by atoms with E-state index >= 15 is 0 Å². The molecule has 6 heteroatoms. The predicted octanol–water partition coefficient (Wildman–Crippen LogP) is 4.46. The minimum Gasteiger partial charge on any atom is -0.474 e. The van der Waals surface area contributed by atoms with E-state index in [0.717, 1.165) is 16.7 Å². The summed E-state index contributed by atoms with van der Waals surface area (Å²) in [6.45, 7) is 0.926. The largest absolute Gasteiger partial charge is 0.474 e. The zero-order valence-electron chi connectivity index (χ0n) is 16.1. The van der Waals surface area contributed by atoms with E-state index in [9.17, 15) is 4.39 Å². The number of rotatable bonds is 5. The highest BCUT2D eigenvalue weighted by Crippen LogP contribution is 2.34. The third-order valence-electron chi connectivity index (χ3n) is 5.28. The number of hydrogen-bond donors (Lipinski definition) is 0. The van der Waals surface area contributed by atoms with Gasteiger partial charge in [-0.05, 0) is 29.3 Å². The minimum atomic E-state index is -0.589. The lowest BCUT2D eigenvalue weighted by atomic mass is 9.91. The van der Waals surface area contributed by atoms with Gasteiger partial charge in [0.25, 0.3) is 0 Å². The van der Waals surface area contributed by atoms with Crippen LogP contribution in [0.15, 0.2) is 96.5 Å². The molecule has 3 aromatic carbocycles. The van der Waals surface area contributed by atoms with Crippen molar-refractivity contribution in [3.05, 3.63) is 108 Å². The molecule has 0 amide bonds. The highest BCUT2D eigenvalue weighted by molar-refractivity contribution is 5.96. The first-order chi connectivity index (χ1) is 14.7. The lowest BCUT2D eigenvalue weighted by Crippen LogP contribution is -2.31. The summed E-state index contributed by atoms with van der Waals surface area (Å²) in [4.78, 5) is 9.03. The molecular weight excluding hydrogens is 379 g/mol. The molecule has 1 unspecified atom stereocenters.